The molecule has 2 aromatic carbocycles. The molecule has 0 aliphatic rings. The van der Waals surface area contributed by atoms with Gasteiger partial charge < -0.3 is 9.64 Å². The molecule has 0 spiro atoms. The molecule has 0 aromatic heterocycles. The van der Waals surface area contributed by atoms with Crippen LogP contribution in [0.2, 0.25) is 0 Å². The lowest BCUT2D eigenvalue weighted by molar-refractivity contribution is -0.385. The van der Waals surface area contributed by atoms with Crippen molar-refractivity contribution in [1.29, 1.82) is 0 Å². The van der Waals surface area contributed by atoms with E-state index in [1.807, 2.05) is 0 Å². The van der Waals surface area contributed by atoms with Crippen molar-refractivity contribution < 1.29 is 23.2 Å². The summed E-state index contributed by atoms with van der Waals surface area (Å²) in [5, 5.41) is 11.0. The average molecular weight is 336 g/mol. The second-order valence-electron chi connectivity index (χ2n) is 4.96. The largest absolute Gasteiger partial charge is 0.435 e. The number of nitro groups is 1. The first-order valence-corrected chi connectivity index (χ1v) is 6.91. The fourth-order valence-corrected chi connectivity index (χ4v) is 2.14. The Morgan fingerprint density at radius 3 is 2.42 bits per heavy atom. The molecule has 0 heterocycles. The summed E-state index contributed by atoms with van der Waals surface area (Å²) in [4.78, 5) is 24.1. The second-order valence-corrected chi connectivity index (χ2v) is 4.96. The predicted octanol–water partition coefficient (Wildman–Crippen LogP) is 3.47. The van der Waals surface area contributed by atoms with Gasteiger partial charge in [0.25, 0.3) is 11.6 Å². The third-order valence-corrected chi connectivity index (χ3v) is 3.25. The minimum absolute atomic E-state index is 0.0114. The summed E-state index contributed by atoms with van der Waals surface area (Å²) in [5.41, 5.74) is 0.392. The number of alkyl halides is 2. The smallest absolute Gasteiger partial charge is 0.387 e. The highest BCUT2D eigenvalue weighted by molar-refractivity contribution is 5.97. The van der Waals surface area contributed by atoms with Crippen LogP contribution in [0.3, 0.4) is 0 Å². The fraction of sp³-hybridized carbons (Fsp3) is 0.188. The topological polar surface area (TPSA) is 72.7 Å². The van der Waals surface area contributed by atoms with Gasteiger partial charge in [0, 0.05) is 19.7 Å². The van der Waals surface area contributed by atoms with Crippen LogP contribution in [-0.4, -0.2) is 29.4 Å². The fourth-order valence-electron chi connectivity index (χ4n) is 2.14. The van der Waals surface area contributed by atoms with Gasteiger partial charge >= 0.3 is 6.61 Å². The van der Waals surface area contributed by atoms with Crippen molar-refractivity contribution in [3.63, 3.8) is 0 Å². The Morgan fingerprint density at radius 1 is 1.21 bits per heavy atom. The van der Waals surface area contributed by atoms with Gasteiger partial charge in [-0.05, 0) is 23.8 Å². The first-order chi connectivity index (χ1) is 11.4. The first-order valence-electron chi connectivity index (χ1n) is 6.91. The van der Waals surface area contributed by atoms with Gasteiger partial charge in [0.1, 0.15) is 11.3 Å². The van der Waals surface area contributed by atoms with Gasteiger partial charge in [-0.1, -0.05) is 24.3 Å². The van der Waals surface area contributed by atoms with E-state index in [0.29, 0.717) is 5.56 Å². The molecule has 0 atom stereocenters. The van der Waals surface area contributed by atoms with Crippen molar-refractivity contribution in [1.82, 2.24) is 4.90 Å². The highest BCUT2D eigenvalue weighted by Crippen LogP contribution is 2.21. The van der Waals surface area contributed by atoms with E-state index in [9.17, 15) is 23.7 Å². The van der Waals surface area contributed by atoms with Crippen molar-refractivity contribution in [3.05, 3.63) is 69.8 Å². The number of nitrogens with zero attached hydrogens (tertiary/aromatic N) is 2. The van der Waals surface area contributed by atoms with E-state index in [1.165, 1.54) is 42.3 Å². The Kier molecular flexibility index (Phi) is 5.41. The molecule has 2 rings (SSSR count). The standard InChI is InChI=1S/C16H14F2N2O4/c1-19(10-11-6-8-12(9-7-11)24-16(17)18)15(21)13-4-2-3-5-14(13)20(22)23/h2-9,16H,10H2,1H3. The Bertz CT molecular complexity index is 735. The molecule has 0 aliphatic carbocycles. The van der Waals surface area contributed by atoms with Crippen LogP contribution in [0.1, 0.15) is 15.9 Å². The van der Waals surface area contributed by atoms with Crippen LogP contribution in [0.15, 0.2) is 48.5 Å². The van der Waals surface area contributed by atoms with Gasteiger partial charge in [-0.3, -0.25) is 14.9 Å². The lowest BCUT2D eigenvalue weighted by atomic mass is 10.1. The average Bonchev–Trinajstić information content (AvgIpc) is 2.55. The van der Waals surface area contributed by atoms with Crippen LogP contribution in [0, 0.1) is 10.1 Å². The zero-order chi connectivity index (χ0) is 17.7. The van der Waals surface area contributed by atoms with Crippen molar-refractivity contribution >= 4 is 11.6 Å². The lowest BCUT2D eigenvalue weighted by Gasteiger charge is -2.17. The molecule has 0 saturated carbocycles. The molecular formula is C16H14F2N2O4. The van der Waals surface area contributed by atoms with Gasteiger partial charge in [0.15, 0.2) is 0 Å². The van der Waals surface area contributed by atoms with Crippen LogP contribution in [0.5, 0.6) is 5.75 Å². The normalized spacial score (nSPS) is 10.5. The summed E-state index contributed by atoms with van der Waals surface area (Å²) >= 11 is 0. The van der Waals surface area contributed by atoms with E-state index in [2.05, 4.69) is 4.74 Å². The van der Waals surface area contributed by atoms with Crippen LogP contribution in [0.4, 0.5) is 14.5 Å². The van der Waals surface area contributed by atoms with Gasteiger partial charge in [-0.15, -0.1) is 0 Å². The van der Waals surface area contributed by atoms with Crippen LogP contribution in [-0.2, 0) is 6.54 Å². The molecule has 2 aromatic rings. The zero-order valence-electron chi connectivity index (χ0n) is 12.7. The molecule has 0 saturated heterocycles. The molecule has 0 unspecified atom stereocenters. The number of carbonyl (C=O) groups is 1. The highest BCUT2D eigenvalue weighted by Gasteiger charge is 2.22. The number of carbonyl (C=O) groups excluding carboxylic acids is 1. The van der Waals surface area contributed by atoms with Crippen molar-refractivity contribution in [2.75, 3.05) is 7.05 Å². The summed E-state index contributed by atoms with van der Waals surface area (Å²) in [6, 6.07) is 11.5. The van der Waals surface area contributed by atoms with Gasteiger partial charge in [-0.25, -0.2) is 0 Å². The maximum Gasteiger partial charge on any atom is 0.387 e. The van der Waals surface area contributed by atoms with E-state index in [0.717, 1.165) is 0 Å². The summed E-state index contributed by atoms with van der Waals surface area (Å²) in [5.74, 6) is -0.489. The van der Waals surface area contributed by atoms with Gasteiger partial charge in [0.05, 0.1) is 4.92 Å². The monoisotopic (exact) mass is 336 g/mol. The Balaban J connectivity index is 2.11. The van der Waals surface area contributed by atoms with Gasteiger partial charge in [-0.2, -0.15) is 8.78 Å². The summed E-state index contributed by atoms with van der Waals surface area (Å²) in [6.45, 7) is -2.74. The number of nitro benzene ring substituents is 1. The maximum absolute atomic E-state index is 12.4. The molecule has 6 nitrogen and oxygen atoms in total. The van der Waals surface area contributed by atoms with E-state index in [-0.39, 0.29) is 23.5 Å². The quantitative estimate of drug-likeness (QED) is 0.598. The zero-order valence-corrected chi connectivity index (χ0v) is 12.7. The van der Waals surface area contributed by atoms with Crippen molar-refractivity contribution in [2.24, 2.45) is 0 Å². The van der Waals surface area contributed by atoms with Gasteiger partial charge in [0.2, 0.25) is 0 Å². The number of hydrogen-bond donors (Lipinski definition) is 0. The van der Waals surface area contributed by atoms with Crippen LogP contribution >= 0.6 is 0 Å². The predicted molar refractivity (Wildman–Crippen MR) is 82.0 cm³/mol. The molecule has 8 heteroatoms. The maximum atomic E-state index is 12.4. The Hall–Kier alpha value is -3.03. The number of amides is 1. The SMILES string of the molecule is CN(Cc1ccc(OC(F)F)cc1)C(=O)c1ccccc1[N+](=O)[O-]. The molecule has 0 radical (unpaired) electrons. The Morgan fingerprint density at radius 2 is 1.83 bits per heavy atom. The van der Waals surface area contributed by atoms with E-state index in [4.69, 9.17) is 0 Å². The van der Waals surface area contributed by atoms with E-state index in [1.54, 1.807) is 18.2 Å². The molecule has 0 fully saturated rings. The number of hydrogen-bond acceptors (Lipinski definition) is 4. The summed E-state index contributed by atoms with van der Waals surface area (Å²) in [6.07, 6.45) is 0. The molecule has 0 bridgehead atoms. The molecule has 126 valence electrons. The summed E-state index contributed by atoms with van der Waals surface area (Å²) < 4.78 is 28.4. The number of rotatable bonds is 6. The van der Waals surface area contributed by atoms with Crippen molar-refractivity contribution in [3.8, 4) is 5.75 Å². The molecule has 0 N–H and O–H groups in total. The van der Waals surface area contributed by atoms with Crippen LogP contribution < -0.4 is 4.74 Å². The third kappa shape index (κ3) is 4.25. The van der Waals surface area contributed by atoms with E-state index < -0.39 is 17.4 Å². The minimum Gasteiger partial charge on any atom is -0.435 e. The van der Waals surface area contributed by atoms with Crippen molar-refractivity contribution in [2.45, 2.75) is 13.2 Å². The number of benzene rings is 2. The lowest BCUT2D eigenvalue weighted by Crippen LogP contribution is -2.26. The van der Waals surface area contributed by atoms with E-state index >= 15 is 0 Å². The number of ether oxygens (including phenoxy) is 1. The highest BCUT2D eigenvalue weighted by atomic mass is 19.3. The number of para-hydroxylation sites is 1. The first kappa shape index (κ1) is 17.3. The molecule has 1 amide bonds. The Labute approximate surface area is 136 Å². The molecule has 24 heavy (non-hydrogen) atoms. The van der Waals surface area contributed by atoms with Crippen LogP contribution in [0.25, 0.3) is 0 Å². The number of halogens is 2. The minimum atomic E-state index is -2.90. The molecular weight excluding hydrogens is 322 g/mol. The summed E-state index contributed by atoms with van der Waals surface area (Å²) in [7, 11) is 1.50. The second kappa shape index (κ2) is 7.49. The molecule has 0 aliphatic heterocycles. The third-order valence-electron chi connectivity index (χ3n) is 3.25.